The van der Waals surface area contributed by atoms with E-state index in [-0.39, 0.29) is 0 Å². The fourth-order valence-corrected chi connectivity index (χ4v) is 2.76. The van der Waals surface area contributed by atoms with Crippen LogP contribution in [0, 0.1) is 0 Å². The first-order valence-electron chi connectivity index (χ1n) is 5.47. The summed E-state index contributed by atoms with van der Waals surface area (Å²) in [5.41, 5.74) is 0.632. The number of rotatable bonds is 1. The van der Waals surface area contributed by atoms with E-state index in [9.17, 15) is 4.79 Å². The summed E-state index contributed by atoms with van der Waals surface area (Å²) in [7, 11) is 0. The molecule has 0 N–H and O–H groups in total. The third-order valence-electron chi connectivity index (χ3n) is 3.08. The molecule has 0 amide bonds. The Hall–Kier alpha value is -1.57. The van der Waals surface area contributed by atoms with E-state index in [0.29, 0.717) is 15.6 Å². The van der Waals surface area contributed by atoms with Gasteiger partial charge in [0.15, 0.2) is 6.29 Å². The van der Waals surface area contributed by atoms with Crippen molar-refractivity contribution in [2.24, 2.45) is 0 Å². The van der Waals surface area contributed by atoms with Gasteiger partial charge in [0.05, 0.1) is 5.02 Å². The van der Waals surface area contributed by atoms with Crippen LogP contribution in [0.25, 0.3) is 21.5 Å². The minimum Gasteiger partial charge on any atom is -0.298 e. The van der Waals surface area contributed by atoms with Gasteiger partial charge in [-0.2, -0.15) is 0 Å². The van der Waals surface area contributed by atoms with Crippen LogP contribution in [0.3, 0.4) is 0 Å². The van der Waals surface area contributed by atoms with Crippen molar-refractivity contribution in [1.29, 1.82) is 0 Å². The summed E-state index contributed by atoms with van der Waals surface area (Å²) in [4.78, 5) is 11.4. The molecule has 3 aromatic carbocycles. The molecule has 3 heteroatoms. The van der Waals surface area contributed by atoms with Crippen LogP contribution in [0.1, 0.15) is 10.4 Å². The molecular formula is C15H8Cl2O. The van der Waals surface area contributed by atoms with E-state index in [1.54, 1.807) is 12.1 Å². The lowest BCUT2D eigenvalue weighted by Crippen LogP contribution is -1.89. The van der Waals surface area contributed by atoms with Gasteiger partial charge >= 0.3 is 0 Å². The smallest absolute Gasteiger partial charge is 0.151 e. The number of hydrogen-bond donors (Lipinski definition) is 0. The summed E-state index contributed by atoms with van der Waals surface area (Å²) in [5.74, 6) is 0. The van der Waals surface area contributed by atoms with Gasteiger partial charge in [-0.25, -0.2) is 0 Å². The Balaban J connectivity index is 2.66. The number of halogens is 2. The second-order valence-corrected chi connectivity index (χ2v) is 4.90. The molecule has 0 radical (unpaired) electrons. The topological polar surface area (TPSA) is 17.1 Å². The standard InChI is InChI=1S/C15H8Cl2O/c16-9-5-6-12-13(7-9)14(8-18)10-3-1-2-4-11(10)15(12)17/h1-8H. The summed E-state index contributed by atoms with van der Waals surface area (Å²) in [6.07, 6.45) is 0.858. The zero-order valence-electron chi connectivity index (χ0n) is 9.28. The molecule has 0 spiro atoms. The van der Waals surface area contributed by atoms with Crippen molar-refractivity contribution in [3.63, 3.8) is 0 Å². The molecule has 0 aliphatic heterocycles. The highest BCUT2D eigenvalue weighted by Crippen LogP contribution is 2.36. The van der Waals surface area contributed by atoms with Gasteiger partial charge in [0, 0.05) is 21.4 Å². The largest absolute Gasteiger partial charge is 0.298 e. The molecule has 18 heavy (non-hydrogen) atoms. The van der Waals surface area contributed by atoms with Crippen molar-refractivity contribution < 1.29 is 4.79 Å². The van der Waals surface area contributed by atoms with Crippen LogP contribution in [0.2, 0.25) is 10.0 Å². The molecule has 88 valence electrons. The molecule has 0 heterocycles. The van der Waals surface area contributed by atoms with E-state index < -0.39 is 0 Å². The van der Waals surface area contributed by atoms with Crippen LogP contribution in [-0.4, -0.2) is 6.29 Å². The van der Waals surface area contributed by atoms with E-state index in [0.717, 1.165) is 27.8 Å². The quantitative estimate of drug-likeness (QED) is 0.445. The summed E-state index contributed by atoms with van der Waals surface area (Å²) in [6, 6.07) is 13.0. The Morgan fingerprint density at radius 2 is 1.50 bits per heavy atom. The highest BCUT2D eigenvalue weighted by molar-refractivity contribution is 6.42. The predicted molar refractivity (Wildman–Crippen MR) is 76.9 cm³/mol. The average Bonchev–Trinajstić information content (AvgIpc) is 2.39. The zero-order valence-corrected chi connectivity index (χ0v) is 10.8. The Morgan fingerprint density at radius 3 is 2.22 bits per heavy atom. The molecule has 0 atom stereocenters. The van der Waals surface area contributed by atoms with Crippen LogP contribution >= 0.6 is 23.2 Å². The molecule has 0 fully saturated rings. The molecule has 3 rings (SSSR count). The molecule has 0 unspecified atom stereocenters. The third-order valence-corrected chi connectivity index (χ3v) is 3.72. The van der Waals surface area contributed by atoms with E-state index in [1.807, 2.05) is 30.3 Å². The van der Waals surface area contributed by atoms with Crippen molar-refractivity contribution in [2.45, 2.75) is 0 Å². The fraction of sp³-hybridized carbons (Fsp3) is 0. The molecule has 0 bridgehead atoms. The van der Waals surface area contributed by atoms with Crippen molar-refractivity contribution in [1.82, 2.24) is 0 Å². The average molecular weight is 275 g/mol. The van der Waals surface area contributed by atoms with Crippen LogP contribution in [-0.2, 0) is 0 Å². The first-order valence-corrected chi connectivity index (χ1v) is 6.22. The molecule has 0 saturated heterocycles. The first-order chi connectivity index (χ1) is 8.72. The molecule has 3 aromatic rings. The number of carbonyl (C=O) groups is 1. The lowest BCUT2D eigenvalue weighted by molar-refractivity contribution is 0.112. The van der Waals surface area contributed by atoms with Gasteiger partial charge < -0.3 is 0 Å². The first kappa shape index (κ1) is 11.5. The van der Waals surface area contributed by atoms with Gasteiger partial charge in [-0.1, -0.05) is 53.5 Å². The zero-order chi connectivity index (χ0) is 12.7. The maximum Gasteiger partial charge on any atom is 0.151 e. The van der Waals surface area contributed by atoms with Crippen molar-refractivity contribution in [3.05, 3.63) is 58.1 Å². The molecular weight excluding hydrogens is 267 g/mol. The Bertz CT molecular complexity index is 778. The molecule has 0 saturated carbocycles. The van der Waals surface area contributed by atoms with E-state index in [2.05, 4.69) is 0 Å². The number of benzene rings is 3. The van der Waals surface area contributed by atoms with E-state index in [4.69, 9.17) is 23.2 Å². The van der Waals surface area contributed by atoms with Crippen molar-refractivity contribution >= 4 is 51.0 Å². The van der Waals surface area contributed by atoms with Crippen molar-refractivity contribution in [3.8, 4) is 0 Å². The summed E-state index contributed by atoms with van der Waals surface area (Å²) in [5, 5.41) is 4.63. The maximum absolute atomic E-state index is 11.4. The van der Waals surface area contributed by atoms with Crippen LogP contribution in [0.4, 0.5) is 0 Å². The minimum absolute atomic E-state index is 0.594. The highest BCUT2D eigenvalue weighted by Gasteiger charge is 2.11. The lowest BCUT2D eigenvalue weighted by Gasteiger charge is -2.09. The van der Waals surface area contributed by atoms with Gasteiger partial charge in [-0.3, -0.25) is 4.79 Å². The van der Waals surface area contributed by atoms with Crippen LogP contribution in [0.5, 0.6) is 0 Å². The molecule has 1 nitrogen and oxygen atoms in total. The normalized spacial score (nSPS) is 11.0. The minimum atomic E-state index is 0.594. The number of hydrogen-bond acceptors (Lipinski definition) is 1. The molecule has 0 aliphatic rings. The predicted octanol–water partition coefficient (Wildman–Crippen LogP) is 5.11. The molecule has 0 aliphatic carbocycles. The van der Waals surface area contributed by atoms with Gasteiger partial charge in [-0.05, 0) is 22.9 Å². The van der Waals surface area contributed by atoms with E-state index >= 15 is 0 Å². The van der Waals surface area contributed by atoms with Crippen molar-refractivity contribution in [2.75, 3.05) is 0 Å². The third kappa shape index (κ3) is 1.59. The highest BCUT2D eigenvalue weighted by atomic mass is 35.5. The summed E-state index contributed by atoms with van der Waals surface area (Å²) < 4.78 is 0. The Kier molecular flexibility index (Phi) is 2.73. The SMILES string of the molecule is O=Cc1c2ccccc2c(Cl)c2ccc(Cl)cc12. The van der Waals surface area contributed by atoms with E-state index in [1.165, 1.54) is 0 Å². The maximum atomic E-state index is 11.4. The summed E-state index contributed by atoms with van der Waals surface area (Å²) in [6.45, 7) is 0. The lowest BCUT2D eigenvalue weighted by atomic mass is 9.97. The Morgan fingerprint density at radius 1 is 0.833 bits per heavy atom. The second kappa shape index (κ2) is 4.27. The van der Waals surface area contributed by atoms with Gasteiger partial charge in [0.2, 0.25) is 0 Å². The number of carbonyl (C=O) groups excluding carboxylic acids is 1. The molecule has 0 aromatic heterocycles. The monoisotopic (exact) mass is 274 g/mol. The van der Waals surface area contributed by atoms with Crippen LogP contribution < -0.4 is 0 Å². The van der Waals surface area contributed by atoms with Crippen LogP contribution in [0.15, 0.2) is 42.5 Å². The van der Waals surface area contributed by atoms with Gasteiger partial charge in [-0.15, -0.1) is 0 Å². The summed E-state index contributed by atoms with van der Waals surface area (Å²) >= 11 is 12.4. The van der Waals surface area contributed by atoms with Gasteiger partial charge in [0.1, 0.15) is 0 Å². The fourth-order valence-electron chi connectivity index (χ4n) is 2.26. The van der Waals surface area contributed by atoms with Gasteiger partial charge in [0.25, 0.3) is 0 Å². The number of fused-ring (bicyclic) bond motifs is 2. The second-order valence-electron chi connectivity index (χ2n) is 4.08. The number of aldehydes is 1. The Labute approximate surface area is 114 Å².